The molecule has 0 radical (unpaired) electrons. The normalized spacial score (nSPS) is 18.8. The van der Waals surface area contributed by atoms with E-state index in [1.165, 1.54) is 16.2 Å². The van der Waals surface area contributed by atoms with E-state index in [1.807, 2.05) is 32.0 Å². The number of pyridine rings is 1. The third kappa shape index (κ3) is 4.48. The highest BCUT2D eigenvalue weighted by atomic mass is 32.1. The van der Waals surface area contributed by atoms with Crippen LogP contribution < -0.4 is 20.7 Å². The summed E-state index contributed by atoms with van der Waals surface area (Å²) >= 11 is 1.49. The van der Waals surface area contributed by atoms with Crippen molar-refractivity contribution >= 4 is 51.1 Å². The van der Waals surface area contributed by atoms with E-state index >= 15 is 0 Å². The van der Waals surface area contributed by atoms with Crippen molar-refractivity contribution in [2.75, 3.05) is 12.4 Å². The van der Waals surface area contributed by atoms with Crippen molar-refractivity contribution in [2.45, 2.75) is 51.2 Å². The van der Waals surface area contributed by atoms with Gasteiger partial charge in [0, 0.05) is 6.42 Å². The fourth-order valence-electron chi connectivity index (χ4n) is 4.52. The quantitative estimate of drug-likeness (QED) is 0.423. The number of rotatable bonds is 6. The number of carbonyl (C=O) groups excluding carboxylic acids is 4. The number of ether oxygens (including phenoxy) is 1. The minimum Gasteiger partial charge on any atom is -0.494 e. The van der Waals surface area contributed by atoms with Gasteiger partial charge >= 0.3 is 6.03 Å². The molecule has 2 unspecified atom stereocenters. The molecular formula is C25H26N6O5S. The molecule has 2 aromatic heterocycles. The Kier molecular flexibility index (Phi) is 6.28. The monoisotopic (exact) mass is 522 g/mol. The Morgan fingerprint density at radius 3 is 2.78 bits per heavy atom. The molecular weight excluding hydrogens is 496 g/mol. The van der Waals surface area contributed by atoms with Crippen molar-refractivity contribution in [3.63, 3.8) is 0 Å². The molecule has 5 rings (SSSR count). The summed E-state index contributed by atoms with van der Waals surface area (Å²) in [4.78, 5) is 60.2. The number of fused-ring (bicyclic) bond motifs is 2. The fourth-order valence-corrected chi connectivity index (χ4v) is 5.68. The number of urea groups is 1. The number of aromatic nitrogens is 2. The molecule has 1 aromatic carbocycles. The Hall–Kier alpha value is -4.06. The summed E-state index contributed by atoms with van der Waals surface area (Å²) in [6, 6.07) is 7.66. The van der Waals surface area contributed by atoms with E-state index in [-0.39, 0.29) is 37.0 Å². The number of hydrogen-bond acceptors (Lipinski definition) is 8. The minimum absolute atomic E-state index is 0.123. The highest BCUT2D eigenvalue weighted by Crippen LogP contribution is 2.36. The molecule has 0 bridgehead atoms. The molecule has 1 fully saturated rings. The van der Waals surface area contributed by atoms with E-state index in [4.69, 9.17) is 9.72 Å². The van der Waals surface area contributed by atoms with Gasteiger partial charge in [-0.3, -0.25) is 25.0 Å². The van der Waals surface area contributed by atoms with Crippen LogP contribution in [-0.2, 0) is 21.7 Å². The molecule has 11 nitrogen and oxygen atoms in total. The first-order valence-corrected chi connectivity index (χ1v) is 12.7. The lowest BCUT2D eigenvalue weighted by molar-refractivity contribution is -0.136. The van der Waals surface area contributed by atoms with Crippen molar-refractivity contribution in [2.24, 2.45) is 0 Å². The maximum absolute atomic E-state index is 13.0. The molecule has 2 aliphatic heterocycles. The molecule has 192 valence electrons. The molecule has 2 atom stereocenters. The number of imide groups is 1. The number of benzene rings is 1. The molecule has 1 saturated heterocycles. The van der Waals surface area contributed by atoms with Crippen LogP contribution in [0.15, 0.2) is 30.3 Å². The van der Waals surface area contributed by atoms with E-state index < -0.39 is 23.5 Å². The standard InChI is InChI=1S/C25H26N6O5S/c1-4-25(2,23-29-20-16(36-3)6-5-7-17(20)37-23)30-24(35)27-18-10-8-13-14(26-18)12-31(22(13)34)15-9-11-19(32)28-21(15)33/h5-8,10,15H,4,9,11-12H2,1-3H3,(H,28,32,33)(H2,26,27,30,35). The van der Waals surface area contributed by atoms with E-state index in [9.17, 15) is 19.2 Å². The van der Waals surface area contributed by atoms with E-state index in [0.29, 0.717) is 23.4 Å². The number of methoxy groups -OCH3 is 1. The van der Waals surface area contributed by atoms with Crippen molar-refractivity contribution < 1.29 is 23.9 Å². The number of anilines is 1. The van der Waals surface area contributed by atoms with Crippen LogP contribution in [0.3, 0.4) is 0 Å². The number of amides is 5. The smallest absolute Gasteiger partial charge is 0.321 e. The Balaban J connectivity index is 1.30. The van der Waals surface area contributed by atoms with Gasteiger partial charge in [0.1, 0.15) is 28.1 Å². The number of para-hydroxylation sites is 1. The van der Waals surface area contributed by atoms with Gasteiger partial charge in [-0.15, -0.1) is 11.3 Å². The van der Waals surface area contributed by atoms with Gasteiger partial charge in [-0.2, -0.15) is 0 Å². The number of thiazole rings is 1. The number of carbonyl (C=O) groups is 4. The van der Waals surface area contributed by atoms with Crippen molar-refractivity contribution in [1.29, 1.82) is 0 Å². The van der Waals surface area contributed by atoms with Gasteiger partial charge in [0.25, 0.3) is 5.91 Å². The lowest BCUT2D eigenvalue weighted by Crippen LogP contribution is -2.52. The summed E-state index contributed by atoms with van der Waals surface area (Å²) in [5, 5.41) is 8.78. The van der Waals surface area contributed by atoms with Gasteiger partial charge in [-0.1, -0.05) is 13.0 Å². The van der Waals surface area contributed by atoms with Gasteiger partial charge in [0.05, 0.1) is 35.2 Å². The van der Waals surface area contributed by atoms with Gasteiger partial charge in [-0.05, 0) is 44.0 Å². The van der Waals surface area contributed by atoms with Crippen LogP contribution in [0.4, 0.5) is 10.6 Å². The third-order valence-electron chi connectivity index (χ3n) is 6.78. The summed E-state index contributed by atoms with van der Waals surface area (Å²) in [7, 11) is 1.60. The first-order valence-electron chi connectivity index (χ1n) is 11.9. The molecule has 37 heavy (non-hydrogen) atoms. The number of piperidine rings is 1. The summed E-state index contributed by atoms with van der Waals surface area (Å²) < 4.78 is 6.38. The highest BCUT2D eigenvalue weighted by Gasteiger charge is 2.40. The molecule has 3 aromatic rings. The number of nitrogens with one attached hydrogen (secondary N) is 3. The molecule has 0 aliphatic carbocycles. The van der Waals surface area contributed by atoms with Crippen molar-refractivity contribution in [1.82, 2.24) is 25.5 Å². The van der Waals surface area contributed by atoms with Crippen LogP contribution in [0.5, 0.6) is 5.75 Å². The number of nitrogens with zero attached hydrogens (tertiary/aromatic N) is 3. The summed E-state index contributed by atoms with van der Waals surface area (Å²) in [6.07, 6.45) is 1.04. The summed E-state index contributed by atoms with van der Waals surface area (Å²) in [5.74, 6) is -0.200. The first-order chi connectivity index (χ1) is 17.7. The van der Waals surface area contributed by atoms with Crippen molar-refractivity contribution in [3.8, 4) is 5.75 Å². The zero-order valence-electron chi connectivity index (χ0n) is 20.6. The van der Waals surface area contributed by atoms with Crippen LogP contribution in [0, 0.1) is 0 Å². The van der Waals surface area contributed by atoms with E-state index in [0.717, 1.165) is 15.2 Å². The van der Waals surface area contributed by atoms with Gasteiger partial charge in [0.15, 0.2) is 0 Å². The second kappa shape index (κ2) is 9.43. The predicted octanol–water partition coefficient (Wildman–Crippen LogP) is 2.91. The Labute approximate surface area is 216 Å². The van der Waals surface area contributed by atoms with Crippen LogP contribution in [0.2, 0.25) is 0 Å². The molecule has 3 N–H and O–H groups in total. The minimum atomic E-state index is -0.742. The SMILES string of the molecule is CCC(C)(NC(=O)Nc1ccc2c(n1)CN(C1CCC(=O)NC1=O)C2=O)c1nc2c(OC)cccc2s1. The average molecular weight is 523 g/mol. The summed E-state index contributed by atoms with van der Waals surface area (Å²) in [6.45, 7) is 3.99. The maximum atomic E-state index is 13.0. The fraction of sp³-hybridized carbons (Fsp3) is 0.360. The van der Waals surface area contributed by atoms with Crippen LogP contribution >= 0.6 is 11.3 Å². The average Bonchev–Trinajstić information content (AvgIpc) is 3.45. The second-order valence-electron chi connectivity index (χ2n) is 9.18. The van der Waals surface area contributed by atoms with Crippen LogP contribution in [0.25, 0.3) is 10.2 Å². The Morgan fingerprint density at radius 2 is 2.05 bits per heavy atom. The van der Waals surface area contributed by atoms with E-state index in [1.54, 1.807) is 19.2 Å². The van der Waals surface area contributed by atoms with Crippen LogP contribution in [0.1, 0.15) is 54.2 Å². The van der Waals surface area contributed by atoms with Gasteiger partial charge in [-0.25, -0.2) is 14.8 Å². The molecule has 4 heterocycles. The molecule has 0 saturated carbocycles. The number of hydrogen-bond donors (Lipinski definition) is 3. The lowest BCUT2D eigenvalue weighted by atomic mass is 10.0. The highest BCUT2D eigenvalue weighted by molar-refractivity contribution is 7.18. The van der Waals surface area contributed by atoms with Crippen molar-refractivity contribution in [3.05, 3.63) is 46.6 Å². The zero-order valence-corrected chi connectivity index (χ0v) is 21.4. The van der Waals surface area contributed by atoms with E-state index in [2.05, 4.69) is 20.9 Å². The predicted molar refractivity (Wildman–Crippen MR) is 136 cm³/mol. The molecule has 0 spiro atoms. The van der Waals surface area contributed by atoms with Crippen LogP contribution in [-0.4, -0.2) is 51.8 Å². The molecule has 2 aliphatic rings. The summed E-state index contributed by atoms with van der Waals surface area (Å²) in [5.41, 5.74) is 0.840. The Morgan fingerprint density at radius 1 is 1.24 bits per heavy atom. The second-order valence-corrected chi connectivity index (χ2v) is 10.2. The molecule has 12 heteroatoms. The largest absolute Gasteiger partial charge is 0.494 e. The topological polar surface area (TPSA) is 143 Å². The lowest BCUT2D eigenvalue weighted by Gasteiger charge is -2.29. The van der Waals surface area contributed by atoms with Gasteiger partial charge in [0.2, 0.25) is 11.8 Å². The Bertz CT molecular complexity index is 1440. The van der Waals surface area contributed by atoms with Gasteiger partial charge < -0.3 is 15.0 Å². The maximum Gasteiger partial charge on any atom is 0.321 e. The molecule has 5 amide bonds. The first kappa shape index (κ1) is 24.6. The third-order valence-corrected chi connectivity index (χ3v) is 8.07. The zero-order chi connectivity index (χ0) is 26.3.